The number of hydrogen-bond donors (Lipinski definition) is 1. The maximum atomic E-state index is 12.7. The molecular weight excluding hydrogens is 310 g/mol. The fraction of sp³-hybridized carbons (Fsp3) is 0.500. The van der Waals surface area contributed by atoms with Crippen LogP contribution in [0.25, 0.3) is 11.0 Å². The van der Waals surface area contributed by atoms with Crippen molar-refractivity contribution >= 4 is 33.9 Å². The summed E-state index contributed by atoms with van der Waals surface area (Å²) in [6.45, 7) is 9.01. The summed E-state index contributed by atoms with van der Waals surface area (Å²) in [6, 6.07) is 2.06. The Morgan fingerprint density at radius 3 is 2.74 bits per heavy atom. The summed E-state index contributed by atoms with van der Waals surface area (Å²) in [7, 11) is 0. The zero-order chi connectivity index (χ0) is 16.6. The van der Waals surface area contributed by atoms with E-state index in [0.29, 0.717) is 10.7 Å². The number of carbonyl (C=O) groups excluding carboxylic acids is 1. The van der Waals surface area contributed by atoms with E-state index in [4.69, 9.17) is 4.98 Å². The maximum absolute atomic E-state index is 12.7. The van der Waals surface area contributed by atoms with Gasteiger partial charge in [-0.1, -0.05) is 25.6 Å². The Bertz CT molecular complexity index is 778. The maximum Gasteiger partial charge on any atom is 0.258 e. The first-order valence-electron chi connectivity index (χ1n) is 7.84. The second-order valence-corrected chi connectivity index (χ2v) is 7.24. The van der Waals surface area contributed by atoms with Crippen molar-refractivity contribution in [3.8, 4) is 0 Å². The molecule has 122 valence electrons. The van der Waals surface area contributed by atoms with Crippen molar-refractivity contribution in [3.05, 3.63) is 23.5 Å². The molecule has 3 heterocycles. The third-order valence-corrected chi connectivity index (χ3v) is 4.61. The minimum Gasteiger partial charge on any atom is -0.301 e. The molecule has 1 amide bonds. The lowest BCUT2D eigenvalue weighted by Crippen LogP contribution is -2.27. The third kappa shape index (κ3) is 3.10. The Morgan fingerprint density at radius 2 is 2.13 bits per heavy atom. The Hall–Kier alpha value is -1.89. The van der Waals surface area contributed by atoms with Gasteiger partial charge in [0.05, 0.1) is 23.7 Å². The monoisotopic (exact) mass is 331 g/mol. The molecule has 0 radical (unpaired) electrons. The lowest BCUT2D eigenvalue weighted by atomic mass is 10.0. The number of nitrogens with zero attached hydrogens (tertiary/aromatic N) is 4. The predicted octanol–water partition coefficient (Wildman–Crippen LogP) is 2.97. The second-order valence-electron chi connectivity index (χ2n) is 6.16. The molecule has 0 atom stereocenters. The highest BCUT2D eigenvalue weighted by molar-refractivity contribution is 8.14. The van der Waals surface area contributed by atoms with Gasteiger partial charge in [0.15, 0.2) is 10.8 Å². The van der Waals surface area contributed by atoms with Crippen LogP contribution in [0.3, 0.4) is 0 Å². The summed E-state index contributed by atoms with van der Waals surface area (Å²) in [6.07, 6.45) is 1.73. The van der Waals surface area contributed by atoms with Crippen LogP contribution in [0, 0.1) is 0 Å². The number of nitrogens with one attached hydrogen (secondary N) is 1. The first-order valence-corrected chi connectivity index (χ1v) is 8.82. The van der Waals surface area contributed by atoms with Crippen molar-refractivity contribution in [3.63, 3.8) is 0 Å². The Kier molecular flexibility index (Phi) is 4.39. The number of amides is 1. The molecule has 0 aliphatic carbocycles. The number of thioether (sulfide) groups is 1. The fourth-order valence-corrected chi connectivity index (χ4v) is 3.20. The van der Waals surface area contributed by atoms with Gasteiger partial charge >= 0.3 is 0 Å². The molecule has 0 saturated heterocycles. The van der Waals surface area contributed by atoms with Crippen LogP contribution < -0.4 is 5.32 Å². The van der Waals surface area contributed by atoms with Gasteiger partial charge in [-0.05, 0) is 25.8 Å². The Balaban J connectivity index is 2.08. The van der Waals surface area contributed by atoms with Crippen LogP contribution in [0.5, 0.6) is 0 Å². The molecule has 7 heteroatoms. The molecule has 1 N–H and O–H groups in total. The zero-order valence-electron chi connectivity index (χ0n) is 13.8. The smallest absolute Gasteiger partial charge is 0.258 e. The summed E-state index contributed by atoms with van der Waals surface area (Å²) < 4.78 is 1.86. The van der Waals surface area contributed by atoms with Crippen molar-refractivity contribution in [1.29, 1.82) is 0 Å². The summed E-state index contributed by atoms with van der Waals surface area (Å²) in [4.78, 5) is 21.7. The molecule has 6 nitrogen and oxygen atoms in total. The highest BCUT2D eigenvalue weighted by Gasteiger charge is 2.20. The van der Waals surface area contributed by atoms with Crippen molar-refractivity contribution in [1.82, 2.24) is 20.1 Å². The topological polar surface area (TPSA) is 72.2 Å². The SMILES string of the molecule is CC(C)c1cc(C(=O)NC2=NCCS2)c2cnn(C(C)C)c2n1. The van der Waals surface area contributed by atoms with Crippen LogP contribution >= 0.6 is 11.8 Å². The van der Waals surface area contributed by atoms with Crippen LogP contribution in [0.15, 0.2) is 17.3 Å². The first-order chi connectivity index (χ1) is 11.0. The number of rotatable bonds is 3. The normalized spacial score (nSPS) is 14.8. The number of amidine groups is 1. The number of fused-ring (bicyclic) bond motifs is 1. The van der Waals surface area contributed by atoms with E-state index in [0.717, 1.165) is 29.0 Å². The standard InChI is InChI=1S/C16H21N5OS/c1-9(2)13-7-11(15(22)20-16-17-5-6-23-16)12-8-18-21(10(3)4)14(12)19-13/h7-10H,5-6H2,1-4H3,(H,17,20,22). The molecule has 0 spiro atoms. The van der Waals surface area contributed by atoms with Gasteiger partial charge in [-0.25, -0.2) is 9.67 Å². The number of pyridine rings is 1. The lowest BCUT2D eigenvalue weighted by Gasteiger charge is -2.12. The Morgan fingerprint density at radius 1 is 1.35 bits per heavy atom. The lowest BCUT2D eigenvalue weighted by molar-refractivity contribution is 0.0979. The van der Waals surface area contributed by atoms with Gasteiger partial charge < -0.3 is 5.32 Å². The minimum absolute atomic E-state index is 0.143. The highest BCUT2D eigenvalue weighted by Crippen LogP contribution is 2.24. The molecule has 3 rings (SSSR count). The average molecular weight is 331 g/mol. The van der Waals surface area contributed by atoms with Gasteiger partial charge in [-0.2, -0.15) is 5.10 Å². The van der Waals surface area contributed by atoms with Crippen LogP contribution in [0.2, 0.25) is 0 Å². The largest absolute Gasteiger partial charge is 0.301 e. The molecule has 1 aliphatic rings. The first kappa shape index (κ1) is 16.0. The van der Waals surface area contributed by atoms with Gasteiger partial charge in [0.2, 0.25) is 0 Å². The molecular formula is C16H21N5OS. The molecule has 0 unspecified atom stereocenters. The number of carbonyl (C=O) groups is 1. The van der Waals surface area contributed by atoms with E-state index in [9.17, 15) is 4.79 Å². The van der Waals surface area contributed by atoms with Gasteiger partial charge in [-0.3, -0.25) is 9.79 Å². The minimum atomic E-state index is -0.143. The molecule has 2 aromatic heterocycles. The van der Waals surface area contributed by atoms with Crippen molar-refractivity contribution in [2.75, 3.05) is 12.3 Å². The van der Waals surface area contributed by atoms with Crippen LogP contribution in [0.1, 0.15) is 55.7 Å². The van der Waals surface area contributed by atoms with E-state index in [2.05, 4.69) is 43.1 Å². The third-order valence-electron chi connectivity index (χ3n) is 3.72. The van der Waals surface area contributed by atoms with Crippen LogP contribution in [-0.4, -0.2) is 38.1 Å². The molecule has 0 bridgehead atoms. The molecule has 1 aliphatic heterocycles. The zero-order valence-corrected chi connectivity index (χ0v) is 14.6. The predicted molar refractivity (Wildman–Crippen MR) is 94.2 cm³/mol. The summed E-state index contributed by atoms with van der Waals surface area (Å²) in [5, 5.41) is 8.79. The van der Waals surface area contributed by atoms with E-state index in [-0.39, 0.29) is 17.9 Å². The van der Waals surface area contributed by atoms with Gasteiger partial charge in [0.25, 0.3) is 5.91 Å². The van der Waals surface area contributed by atoms with Crippen molar-refractivity contribution in [2.45, 2.75) is 39.7 Å². The molecule has 0 fully saturated rings. The van der Waals surface area contributed by atoms with E-state index < -0.39 is 0 Å². The van der Waals surface area contributed by atoms with Crippen molar-refractivity contribution in [2.24, 2.45) is 4.99 Å². The summed E-state index contributed by atoms with van der Waals surface area (Å²) in [5.74, 6) is 1.01. The van der Waals surface area contributed by atoms with E-state index >= 15 is 0 Å². The quantitative estimate of drug-likeness (QED) is 0.938. The van der Waals surface area contributed by atoms with Gasteiger partial charge in [0, 0.05) is 17.5 Å². The molecule has 2 aromatic rings. The second kappa shape index (κ2) is 6.31. The fourth-order valence-electron chi connectivity index (χ4n) is 2.47. The molecule has 0 saturated carbocycles. The summed E-state index contributed by atoms with van der Waals surface area (Å²) in [5.41, 5.74) is 2.27. The average Bonchev–Trinajstić information content (AvgIpc) is 3.14. The van der Waals surface area contributed by atoms with Gasteiger partial charge in [0.1, 0.15) is 0 Å². The summed E-state index contributed by atoms with van der Waals surface area (Å²) >= 11 is 1.57. The molecule has 23 heavy (non-hydrogen) atoms. The van der Waals surface area contributed by atoms with E-state index in [1.807, 2.05) is 10.7 Å². The van der Waals surface area contributed by atoms with E-state index in [1.54, 1.807) is 18.0 Å². The molecule has 0 aromatic carbocycles. The number of aliphatic imine (C=N–C) groups is 1. The van der Waals surface area contributed by atoms with E-state index in [1.165, 1.54) is 0 Å². The van der Waals surface area contributed by atoms with Crippen LogP contribution in [0.4, 0.5) is 0 Å². The Labute approximate surface area is 139 Å². The van der Waals surface area contributed by atoms with Gasteiger partial charge in [-0.15, -0.1) is 0 Å². The number of hydrogen-bond acceptors (Lipinski definition) is 5. The van der Waals surface area contributed by atoms with Crippen molar-refractivity contribution < 1.29 is 4.79 Å². The number of aromatic nitrogens is 3. The highest BCUT2D eigenvalue weighted by atomic mass is 32.2. The van der Waals surface area contributed by atoms with Crippen LogP contribution in [-0.2, 0) is 0 Å².